The van der Waals surface area contributed by atoms with Crippen molar-refractivity contribution in [1.29, 1.82) is 0 Å². The number of nitrogens with one attached hydrogen (secondary N) is 1. The van der Waals surface area contributed by atoms with E-state index in [2.05, 4.69) is 4.72 Å². The predicted molar refractivity (Wildman–Crippen MR) is 72.4 cm³/mol. The van der Waals surface area contributed by atoms with E-state index in [4.69, 9.17) is 11.6 Å². The summed E-state index contributed by atoms with van der Waals surface area (Å²) >= 11 is 5.31. The van der Waals surface area contributed by atoms with Gasteiger partial charge in [0.05, 0.1) is 12.6 Å². The molecular weight excluding hydrogens is 306 g/mol. The summed E-state index contributed by atoms with van der Waals surface area (Å²) in [7, 11) is -2.84. The standard InChI is InChI=1S/C11H12ClN3O4S/c1-13-20(18,19)15-9(8-5-3-2-4-6-8)7-14(10(12)16)11(15)17/h2-6,9,13H,7H2,1H3. The minimum Gasteiger partial charge on any atom is -0.255 e. The maximum Gasteiger partial charge on any atom is 0.343 e. The van der Waals surface area contributed by atoms with Crippen molar-refractivity contribution in [3.63, 3.8) is 0 Å². The van der Waals surface area contributed by atoms with Gasteiger partial charge >= 0.3 is 21.6 Å². The van der Waals surface area contributed by atoms with Crippen molar-refractivity contribution in [2.24, 2.45) is 0 Å². The molecule has 0 aliphatic carbocycles. The van der Waals surface area contributed by atoms with Crippen LogP contribution in [0.2, 0.25) is 0 Å². The Morgan fingerprint density at radius 1 is 1.35 bits per heavy atom. The second-order valence-electron chi connectivity index (χ2n) is 4.08. The number of amides is 3. The van der Waals surface area contributed by atoms with Gasteiger partial charge in [-0.1, -0.05) is 30.3 Å². The number of urea groups is 1. The van der Waals surface area contributed by atoms with Crippen molar-refractivity contribution in [3.8, 4) is 0 Å². The average Bonchev–Trinajstić information content (AvgIpc) is 2.78. The summed E-state index contributed by atoms with van der Waals surface area (Å²) in [5.74, 6) is 0. The van der Waals surface area contributed by atoms with E-state index in [1.807, 2.05) is 0 Å². The summed E-state index contributed by atoms with van der Waals surface area (Å²) in [6.45, 7) is -0.119. The second kappa shape index (κ2) is 5.39. The van der Waals surface area contributed by atoms with Gasteiger partial charge in [0.1, 0.15) is 0 Å². The van der Waals surface area contributed by atoms with E-state index >= 15 is 0 Å². The molecule has 0 radical (unpaired) electrons. The van der Waals surface area contributed by atoms with Gasteiger partial charge in [0.2, 0.25) is 0 Å². The maximum atomic E-state index is 12.1. The van der Waals surface area contributed by atoms with Gasteiger partial charge in [-0.2, -0.15) is 12.7 Å². The summed E-state index contributed by atoms with van der Waals surface area (Å²) in [5.41, 5.74) is 0.597. The highest BCUT2D eigenvalue weighted by Crippen LogP contribution is 2.32. The largest absolute Gasteiger partial charge is 0.343 e. The molecule has 9 heteroatoms. The van der Waals surface area contributed by atoms with Crippen molar-refractivity contribution in [3.05, 3.63) is 35.9 Å². The van der Waals surface area contributed by atoms with Crippen LogP contribution in [0.15, 0.2) is 30.3 Å². The highest BCUT2D eigenvalue weighted by atomic mass is 35.5. The van der Waals surface area contributed by atoms with Gasteiger partial charge in [-0.3, -0.25) is 4.79 Å². The van der Waals surface area contributed by atoms with E-state index in [1.54, 1.807) is 30.3 Å². The topological polar surface area (TPSA) is 86.8 Å². The summed E-state index contributed by atoms with van der Waals surface area (Å²) in [4.78, 5) is 24.0. The monoisotopic (exact) mass is 317 g/mol. The number of carbonyl (C=O) groups excluding carboxylic acids is 2. The van der Waals surface area contributed by atoms with Gasteiger partial charge in [0.25, 0.3) is 0 Å². The van der Waals surface area contributed by atoms with Gasteiger partial charge in [0, 0.05) is 7.05 Å². The average molecular weight is 318 g/mol. The first kappa shape index (κ1) is 14.8. The van der Waals surface area contributed by atoms with Crippen molar-refractivity contribution in [2.75, 3.05) is 13.6 Å². The van der Waals surface area contributed by atoms with Crippen molar-refractivity contribution < 1.29 is 18.0 Å². The molecule has 1 saturated heterocycles. The molecule has 0 saturated carbocycles. The molecule has 1 unspecified atom stereocenters. The molecule has 108 valence electrons. The fourth-order valence-corrected chi connectivity index (χ4v) is 3.17. The van der Waals surface area contributed by atoms with Gasteiger partial charge in [0.15, 0.2) is 0 Å². The Morgan fingerprint density at radius 3 is 2.45 bits per heavy atom. The van der Waals surface area contributed by atoms with Crippen LogP contribution in [-0.4, -0.2) is 42.6 Å². The molecule has 7 nitrogen and oxygen atoms in total. The molecule has 1 N–H and O–H groups in total. The second-order valence-corrected chi connectivity index (χ2v) is 6.15. The number of benzene rings is 1. The first-order valence-electron chi connectivity index (χ1n) is 5.67. The van der Waals surface area contributed by atoms with Crippen LogP contribution >= 0.6 is 11.6 Å². The molecule has 0 aromatic heterocycles. The van der Waals surface area contributed by atoms with Crippen LogP contribution in [0.25, 0.3) is 0 Å². The lowest BCUT2D eigenvalue weighted by molar-refractivity contribution is 0.205. The number of hydrogen-bond donors (Lipinski definition) is 1. The fraction of sp³-hybridized carbons (Fsp3) is 0.273. The molecule has 1 aromatic carbocycles. The molecule has 0 bridgehead atoms. The van der Waals surface area contributed by atoms with Gasteiger partial charge in [-0.25, -0.2) is 14.4 Å². The molecular formula is C11H12ClN3O4S. The fourth-order valence-electron chi connectivity index (χ4n) is 2.01. The summed E-state index contributed by atoms with van der Waals surface area (Å²) in [5, 5.41) is -1.01. The third-order valence-electron chi connectivity index (χ3n) is 2.97. The minimum absolute atomic E-state index is 0.119. The van der Waals surface area contributed by atoms with Crippen LogP contribution in [0.4, 0.5) is 9.59 Å². The van der Waals surface area contributed by atoms with Gasteiger partial charge in [-0.05, 0) is 17.2 Å². The molecule has 3 amide bonds. The molecule has 2 rings (SSSR count). The van der Waals surface area contributed by atoms with E-state index in [0.717, 1.165) is 0 Å². The lowest BCUT2D eigenvalue weighted by Crippen LogP contribution is -2.43. The van der Waals surface area contributed by atoms with Gasteiger partial charge < -0.3 is 0 Å². The minimum atomic E-state index is -4.03. The Balaban J connectivity index is 2.48. The van der Waals surface area contributed by atoms with Crippen LogP contribution in [0, 0.1) is 0 Å². The first-order chi connectivity index (χ1) is 9.38. The number of carbonyl (C=O) groups is 2. The Labute approximate surface area is 121 Å². The van der Waals surface area contributed by atoms with Crippen molar-refractivity contribution in [2.45, 2.75) is 6.04 Å². The van der Waals surface area contributed by atoms with E-state index < -0.39 is 27.6 Å². The van der Waals surface area contributed by atoms with Crippen LogP contribution in [0.3, 0.4) is 0 Å². The van der Waals surface area contributed by atoms with E-state index in [1.165, 1.54) is 7.05 Å². The van der Waals surface area contributed by atoms with Crippen LogP contribution < -0.4 is 4.72 Å². The zero-order chi connectivity index (χ0) is 14.9. The van der Waals surface area contributed by atoms with Gasteiger partial charge in [-0.15, -0.1) is 0 Å². The third kappa shape index (κ3) is 2.49. The molecule has 1 heterocycles. The number of halogens is 1. The summed E-state index contributed by atoms with van der Waals surface area (Å²) < 4.78 is 26.7. The number of hydrogen-bond acceptors (Lipinski definition) is 4. The molecule has 1 aromatic rings. The quantitative estimate of drug-likeness (QED) is 0.672. The molecule has 1 aliphatic heterocycles. The molecule has 0 spiro atoms. The summed E-state index contributed by atoms with van der Waals surface area (Å²) in [6.07, 6.45) is 0. The number of imide groups is 1. The smallest absolute Gasteiger partial charge is 0.255 e. The number of rotatable bonds is 3. The lowest BCUT2D eigenvalue weighted by atomic mass is 10.1. The lowest BCUT2D eigenvalue weighted by Gasteiger charge is -2.22. The molecule has 20 heavy (non-hydrogen) atoms. The van der Waals surface area contributed by atoms with E-state index in [0.29, 0.717) is 14.8 Å². The van der Waals surface area contributed by atoms with Crippen LogP contribution in [0.5, 0.6) is 0 Å². The van der Waals surface area contributed by atoms with Crippen molar-refractivity contribution in [1.82, 2.24) is 13.9 Å². The molecule has 1 atom stereocenters. The predicted octanol–water partition coefficient (Wildman–Crippen LogP) is 1.29. The molecule has 1 aliphatic rings. The highest BCUT2D eigenvalue weighted by molar-refractivity contribution is 7.87. The Bertz CT molecular complexity index is 634. The maximum absolute atomic E-state index is 12.1. The van der Waals surface area contributed by atoms with Crippen LogP contribution in [-0.2, 0) is 10.2 Å². The highest BCUT2D eigenvalue weighted by Gasteiger charge is 2.46. The normalized spacial score (nSPS) is 19.5. The zero-order valence-corrected chi connectivity index (χ0v) is 12.1. The van der Waals surface area contributed by atoms with E-state index in [-0.39, 0.29) is 6.54 Å². The Hall–Kier alpha value is -1.64. The Morgan fingerprint density at radius 2 is 1.95 bits per heavy atom. The SMILES string of the molecule is CNS(=O)(=O)N1C(=O)N(C(=O)Cl)CC1c1ccccc1. The third-order valence-corrected chi connectivity index (χ3v) is 4.62. The zero-order valence-electron chi connectivity index (χ0n) is 10.5. The summed E-state index contributed by atoms with van der Waals surface area (Å²) in [6, 6.07) is 6.79. The number of nitrogens with zero attached hydrogens (tertiary/aromatic N) is 2. The van der Waals surface area contributed by atoms with Crippen LogP contribution in [0.1, 0.15) is 11.6 Å². The Kier molecular flexibility index (Phi) is 3.98. The molecule has 1 fully saturated rings. The van der Waals surface area contributed by atoms with Crippen molar-refractivity contribution >= 4 is 33.2 Å². The van der Waals surface area contributed by atoms with E-state index in [9.17, 15) is 18.0 Å². The first-order valence-corrected chi connectivity index (χ1v) is 7.49.